The zero-order chi connectivity index (χ0) is 30.6. The van der Waals surface area contributed by atoms with E-state index in [1.807, 2.05) is 36.1 Å². The third kappa shape index (κ3) is 10.7. The Labute approximate surface area is 271 Å². The van der Waals surface area contributed by atoms with Crippen molar-refractivity contribution in [1.29, 1.82) is 0 Å². The van der Waals surface area contributed by atoms with Crippen LogP contribution in [0.3, 0.4) is 0 Å². The van der Waals surface area contributed by atoms with Gasteiger partial charge < -0.3 is 24.8 Å². The Bertz CT molecular complexity index is 1190. The van der Waals surface area contributed by atoms with E-state index in [1.165, 1.54) is 37.9 Å². The second-order valence-electron chi connectivity index (χ2n) is 11.7. The molecule has 2 aromatic rings. The van der Waals surface area contributed by atoms with Crippen LogP contribution in [0.25, 0.3) is 0 Å². The molecule has 3 fully saturated rings. The lowest BCUT2D eigenvalue weighted by atomic mass is 9.88. The van der Waals surface area contributed by atoms with Gasteiger partial charge in [-0.3, -0.25) is 4.79 Å². The van der Waals surface area contributed by atoms with Gasteiger partial charge in [-0.05, 0) is 106 Å². The fourth-order valence-electron chi connectivity index (χ4n) is 5.93. The van der Waals surface area contributed by atoms with E-state index in [-0.39, 0.29) is 18.5 Å². The van der Waals surface area contributed by atoms with E-state index < -0.39 is 0 Å². The Hall–Kier alpha value is -2.19. The molecule has 3 amide bonds. The Morgan fingerprint density at radius 1 is 0.837 bits per heavy atom. The first kappa shape index (κ1) is 33.7. The molecular weight excluding hydrogens is 607 g/mol. The first-order valence-corrected chi connectivity index (χ1v) is 16.8. The topological polar surface area (TPSA) is 65.1 Å². The van der Waals surface area contributed by atoms with Crippen LogP contribution in [0, 0.1) is 6.92 Å². The van der Waals surface area contributed by atoms with Gasteiger partial charge in [0, 0.05) is 47.8 Å². The summed E-state index contributed by atoms with van der Waals surface area (Å²) < 4.78 is 6.21. The van der Waals surface area contributed by atoms with Gasteiger partial charge in [-0.2, -0.15) is 0 Å². The lowest BCUT2D eigenvalue weighted by Crippen LogP contribution is -2.46. The third-order valence-electron chi connectivity index (χ3n) is 8.51. The van der Waals surface area contributed by atoms with E-state index in [0.29, 0.717) is 35.7 Å². The number of carbonyl (C=O) groups excluding carboxylic acids is 2. The van der Waals surface area contributed by atoms with Crippen molar-refractivity contribution in [2.45, 2.75) is 64.2 Å². The van der Waals surface area contributed by atoms with Gasteiger partial charge in [-0.15, -0.1) is 0 Å². The number of urea groups is 1. The zero-order valence-electron chi connectivity index (χ0n) is 25.3. The average Bonchev–Trinajstić information content (AvgIpc) is 3.57. The first-order chi connectivity index (χ1) is 20.8. The van der Waals surface area contributed by atoms with Crippen LogP contribution in [0.2, 0.25) is 15.1 Å². The van der Waals surface area contributed by atoms with Gasteiger partial charge >= 0.3 is 6.03 Å². The highest BCUT2D eigenvalue weighted by Crippen LogP contribution is 2.36. The van der Waals surface area contributed by atoms with E-state index in [9.17, 15) is 9.59 Å². The van der Waals surface area contributed by atoms with Crippen molar-refractivity contribution in [3.63, 3.8) is 0 Å². The molecule has 0 aliphatic carbocycles. The Morgan fingerprint density at radius 3 is 2.16 bits per heavy atom. The third-order valence-corrected chi connectivity index (χ3v) is 9.38. The van der Waals surface area contributed by atoms with E-state index >= 15 is 0 Å². The second kappa shape index (κ2) is 17.3. The highest BCUT2D eigenvalue weighted by Gasteiger charge is 2.27. The number of ether oxygens (including phenoxy) is 1. The van der Waals surface area contributed by atoms with E-state index in [1.54, 1.807) is 11.0 Å². The van der Waals surface area contributed by atoms with E-state index in [4.69, 9.17) is 39.5 Å². The van der Waals surface area contributed by atoms with Gasteiger partial charge in [0.05, 0.1) is 13.2 Å². The molecule has 0 bridgehead atoms. The maximum Gasteiger partial charge on any atom is 0.317 e. The summed E-state index contributed by atoms with van der Waals surface area (Å²) in [7, 11) is 0. The molecule has 1 N–H and O–H groups in total. The summed E-state index contributed by atoms with van der Waals surface area (Å²) in [5.41, 5.74) is 2.25. The largest absolute Gasteiger partial charge is 0.493 e. The summed E-state index contributed by atoms with van der Waals surface area (Å²) in [5.74, 6) is 1.22. The lowest BCUT2D eigenvalue weighted by Gasteiger charge is -2.33. The number of piperidine rings is 2. The van der Waals surface area contributed by atoms with Crippen LogP contribution in [0.5, 0.6) is 5.75 Å². The molecule has 43 heavy (non-hydrogen) atoms. The van der Waals surface area contributed by atoms with Crippen LogP contribution in [-0.2, 0) is 4.79 Å². The highest BCUT2D eigenvalue weighted by molar-refractivity contribution is 6.35. The van der Waals surface area contributed by atoms with Crippen molar-refractivity contribution in [3.05, 3.63) is 62.6 Å². The molecule has 0 atom stereocenters. The van der Waals surface area contributed by atoms with Crippen LogP contribution in [0.4, 0.5) is 4.79 Å². The highest BCUT2D eigenvalue weighted by atomic mass is 35.5. The maximum atomic E-state index is 12.6. The number of nitrogens with one attached hydrogen (secondary N) is 1. The van der Waals surface area contributed by atoms with E-state index in [0.717, 1.165) is 68.1 Å². The predicted molar refractivity (Wildman–Crippen MR) is 176 cm³/mol. The minimum atomic E-state index is -0.121. The van der Waals surface area contributed by atoms with Gasteiger partial charge in [0.2, 0.25) is 5.91 Å². The number of hydrogen-bond acceptors (Lipinski definition) is 4. The quantitative estimate of drug-likeness (QED) is 0.302. The molecule has 10 heteroatoms. The van der Waals surface area contributed by atoms with Gasteiger partial charge in [0.15, 0.2) is 0 Å². The van der Waals surface area contributed by atoms with Crippen LogP contribution in [-0.4, -0.2) is 85.6 Å². The number of likely N-dealkylation sites (tertiary alicyclic amines) is 3. The summed E-state index contributed by atoms with van der Waals surface area (Å²) in [6.45, 7) is 9.18. The van der Waals surface area contributed by atoms with Crippen LogP contribution in [0.1, 0.15) is 68.4 Å². The molecule has 2 aromatic carbocycles. The molecular formula is C33H45Cl3N4O3. The van der Waals surface area contributed by atoms with Gasteiger partial charge in [0.25, 0.3) is 0 Å². The Kier molecular flexibility index (Phi) is 13.6. The number of carbonyl (C=O) groups is 2. The van der Waals surface area contributed by atoms with Crippen LogP contribution < -0.4 is 10.1 Å². The molecule has 3 aliphatic heterocycles. The van der Waals surface area contributed by atoms with Crippen molar-refractivity contribution < 1.29 is 14.3 Å². The standard InChI is InChI=1S/C26H39ClN4O3.C7H6Cl2/c27-22-7-8-23(24(19-22)34-18-6-13-29-11-2-1-3-12-29)21-9-16-30(17-10-21)25(32)20-28-26(33)31-14-4-5-15-31;1-5-2-3-6(8)4-7(5)9/h7-8,19,21H,1-6,9-18,20H2,(H,28,33);2-4H,1H3. The minimum absolute atomic E-state index is 0.00344. The average molecular weight is 652 g/mol. The monoisotopic (exact) mass is 650 g/mol. The minimum Gasteiger partial charge on any atom is -0.493 e. The number of aryl methyl sites for hydroxylation is 1. The number of halogens is 3. The number of benzene rings is 2. The fourth-order valence-corrected chi connectivity index (χ4v) is 6.50. The summed E-state index contributed by atoms with van der Waals surface area (Å²) in [6.07, 6.45) is 8.86. The second-order valence-corrected chi connectivity index (χ2v) is 13.0. The van der Waals surface area contributed by atoms with Crippen molar-refractivity contribution in [2.24, 2.45) is 0 Å². The van der Waals surface area contributed by atoms with Crippen molar-refractivity contribution in [1.82, 2.24) is 20.0 Å². The molecule has 3 heterocycles. The van der Waals surface area contributed by atoms with Crippen molar-refractivity contribution >= 4 is 46.7 Å². The molecule has 236 valence electrons. The summed E-state index contributed by atoms with van der Waals surface area (Å²) >= 11 is 17.6. The Balaban J connectivity index is 0.000000403. The van der Waals surface area contributed by atoms with Crippen molar-refractivity contribution in [3.8, 4) is 5.75 Å². The number of amides is 3. The van der Waals surface area contributed by atoms with E-state index in [2.05, 4.69) is 16.3 Å². The molecule has 0 saturated carbocycles. The summed E-state index contributed by atoms with van der Waals surface area (Å²) in [5, 5.41) is 4.89. The summed E-state index contributed by atoms with van der Waals surface area (Å²) in [4.78, 5) is 31.0. The van der Waals surface area contributed by atoms with Gasteiger partial charge in [0.1, 0.15) is 5.75 Å². The number of nitrogens with zero attached hydrogens (tertiary/aromatic N) is 3. The van der Waals surface area contributed by atoms with Gasteiger partial charge in [-0.25, -0.2) is 4.79 Å². The molecule has 3 aliphatic rings. The molecule has 0 aromatic heterocycles. The molecule has 0 spiro atoms. The maximum absolute atomic E-state index is 12.6. The zero-order valence-corrected chi connectivity index (χ0v) is 27.5. The SMILES string of the molecule is Cc1ccc(Cl)cc1Cl.O=C(CNC(=O)N1CCCC1)N1CCC(c2ccc(Cl)cc2OCCCN2CCCCC2)CC1. The predicted octanol–water partition coefficient (Wildman–Crippen LogP) is 7.41. The number of rotatable bonds is 8. The lowest BCUT2D eigenvalue weighted by molar-refractivity contribution is -0.131. The fraction of sp³-hybridized carbons (Fsp3) is 0.576. The first-order valence-electron chi connectivity index (χ1n) is 15.7. The smallest absolute Gasteiger partial charge is 0.317 e. The van der Waals surface area contributed by atoms with Crippen molar-refractivity contribution in [2.75, 3.05) is 59.0 Å². The molecule has 0 unspecified atom stereocenters. The van der Waals surface area contributed by atoms with Crippen LogP contribution in [0.15, 0.2) is 36.4 Å². The number of hydrogen-bond donors (Lipinski definition) is 1. The Morgan fingerprint density at radius 2 is 1.49 bits per heavy atom. The molecule has 5 rings (SSSR count). The summed E-state index contributed by atoms with van der Waals surface area (Å²) in [6, 6.07) is 11.3. The normalized spacial score (nSPS) is 17.8. The molecule has 7 nitrogen and oxygen atoms in total. The van der Waals surface area contributed by atoms with Gasteiger partial charge in [-0.1, -0.05) is 53.4 Å². The molecule has 0 radical (unpaired) electrons. The molecule has 3 saturated heterocycles. The van der Waals surface area contributed by atoms with Crippen LogP contribution >= 0.6 is 34.8 Å².